The van der Waals surface area contributed by atoms with E-state index >= 15 is 0 Å². The van der Waals surface area contributed by atoms with Crippen LogP contribution in [0.3, 0.4) is 0 Å². The molecule has 1 N–H and O–H groups in total. The van der Waals surface area contributed by atoms with E-state index in [0.29, 0.717) is 5.92 Å². The van der Waals surface area contributed by atoms with Gasteiger partial charge in [0.25, 0.3) is 5.91 Å². The second-order valence-corrected chi connectivity index (χ2v) is 5.97. The normalized spacial score (nSPS) is 10.5. The van der Waals surface area contributed by atoms with E-state index in [9.17, 15) is 4.79 Å². The molecule has 0 saturated heterocycles. The summed E-state index contributed by atoms with van der Waals surface area (Å²) in [4.78, 5) is 14.1. The zero-order chi connectivity index (χ0) is 16.8. The molecule has 0 heterocycles. The third-order valence-corrected chi connectivity index (χ3v) is 3.57. The fraction of sp³-hybridized carbons (Fsp3) is 0.316. The molecule has 4 heteroatoms. The highest BCUT2D eigenvalue weighted by Gasteiger charge is 2.09. The lowest BCUT2D eigenvalue weighted by Gasteiger charge is -2.14. The quantitative estimate of drug-likeness (QED) is 0.879. The van der Waals surface area contributed by atoms with Gasteiger partial charge >= 0.3 is 0 Å². The van der Waals surface area contributed by atoms with Crippen LogP contribution in [0.1, 0.15) is 25.3 Å². The number of amides is 1. The van der Waals surface area contributed by atoms with Crippen molar-refractivity contribution in [1.82, 2.24) is 0 Å². The number of carbonyl (C=O) groups excluding carboxylic acids is 1. The summed E-state index contributed by atoms with van der Waals surface area (Å²) in [6.45, 7) is 4.21. The van der Waals surface area contributed by atoms with Crippen molar-refractivity contribution in [3.05, 3.63) is 54.1 Å². The third kappa shape index (κ3) is 4.74. The minimum absolute atomic E-state index is 0.000828. The predicted octanol–water partition coefficient (Wildman–Crippen LogP) is 3.89. The molecule has 0 aliphatic heterocycles. The van der Waals surface area contributed by atoms with Crippen molar-refractivity contribution < 1.29 is 9.53 Å². The van der Waals surface area contributed by atoms with Crippen LogP contribution >= 0.6 is 0 Å². The molecule has 0 atom stereocenters. The van der Waals surface area contributed by atoms with Crippen LogP contribution in [0.5, 0.6) is 5.75 Å². The van der Waals surface area contributed by atoms with E-state index < -0.39 is 0 Å². The third-order valence-electron chi connectivity index (χ3n) is 3.57. The van der Waals surface area contributed by atoms with Gasteiger partial charge in [-0.25, -0.2) is 0 Å². The van der Waals surface area contributed by atoms with Crippen molar-refractivity contribution in [1.29, 1.82) is 0 Å². The Hall–Kier alpha value is -2.49. The van der Waals surface area contributed by atoms with Crippen molar-refractivity contribution in [3.8, 4) is 5.75 Å². The van der Waals surface area contributed by atoms with Crippen LogP contribution < -0.4 is 15.0 Å². The predicted molar refractivity (Wildman–Crippen MR) is 95.4 cm³/mol. The van der Waals surface area contributed by atoms with Gasteiger partial charge in [-0.15, -0.1) is 0 Å². The van der Waals surface area contributed by atoms with E-state index in [2.05, 4.69) is 19.2 Å². The lowest BCUT2D eigenvalue weighted by atomic mass is 10.0. The number of hydrogen-bond acceptors (Lipinski definition) is 3. The Labute approximate surface area is 138 Å². The van der Waals surface area contributed by atoms with Gasteiger partial charge in [0, 0.05) is 25.5 Å². The van der Waals surface area contributed by atoms with Crippen LogP contribution in [0.25, 0.3) is 0 Å². The molecule has 0 aliphatic carbocycles. The van der Waals surface area contributed by atoms with E-state index in [0.717, 1.165) is 22.7 Å². The van der Waals surface area contributed by atoms with Crippen LogP contribution in [-0.4, -0.2) is 26.6 Å². The van der Waals surface area contributed by atoms with Gasteiger partial charge in [0.2, 0.25) is 0 Å². The SMILES string of the molecule is CC(C)c1ccccc1OCC(=O)Nc1ccc(N(C)C)cc1. The molecule has 0 unspecified atom stereocenters. The Bertz CT molecular complexity index is 649. The Morgan fingerprint density at radius 3 is 2.35 bits per heavy atom. The van der Waals surface area contributed by atoms with Crippen molar-refractivity contribution in [2.45, 2.75) is 19.8 Å². The number of anilines is 2. The maximum absolute atomic E-state index is 12.0. The molecule has 0 saturated carbocycles. The molecule has 0 bridgehead atoms. The van der Waals surface area contributed by atoms with Gasteiger partial charge in [-0.1, -0.05) is 32.0 Å². The van der Waals surface area contributed by atoms with Crippen molar-refractivity contribution in [3.63, 3.8) is 0 Å². The van der Waals surface area contributed by atoms with E-state index in [4.69, 9.17) is 4.74 Å². The van der Waals surface area contributed by atoms with Crippen molar-refractivity contribution in [2.75, 3.05) is 30.9 Å². The van der Waals surface area contributed by atoms with Crippen molar-refractivity contribution in [2.24, 2.45) is 0 Å². The number of ether oxygens (including phenoxy) is 1. The van der Waals surface area contributed by atoms with Crippen molar-refractivity contribution >= 4 is 17.3 Å². The summed E-state index contributed by atoms with van der Waals surface area (Å²) in [5, 5.41) is 2.84. The Morgan fingerprint density at radius 1 is 1.09 bits per heavy atom. The molecule has 0 spiro atoms. The maximum atomic E-state index is 12.0. The highest BCUT2D eigenvalue weighted by Crippen LogP contribution is 2.25. The number of carbonyl (C=O) groups is 1. The molecule has 23 heavy (non-hydrogen) atoms. The highest BCUT2D eigenvalue weighted by atomic mass is 16.5. The fourth-order valence-corrected chi connectivity index (χ4v) is 2.27. The van der Waals surface area contributed by atoms with Crippen LogP contribution in [-0.2, 0) is 4.79 Å². The van der Waals surface area contributed by atoms with Gasteiger partial charge in [0.15, 0.2) is 6.61 Å². The first-order valence-corrected chi connectivity index (χ1v) is 7.76. The van der Waals surface area contributed by atoms with Gasteiger partial charge < -0.3 is 15.0 Å². The van der Waals surface area contributed by atoms with Crippen LogP contribution in [0.15, 0.2) is 48.5 Å². The molecule has 4 nitrogen and oxygen atoms in total. The first-order valence-electron chi connectivity index (χ1n) is 7.76. The second kappa shape index (κ2) is 7.68. The average Bonchev–Trinajstić information content (AvgIpc) is 2.53. The lowest BCUT2D eigenvalue weighted by Crippen LogP contribution is -2.20. The first-order chi connectivity index (χ1) is 11.0. The zero-order valence-corrected chi connectivity index (χ0v) is 14.2. The molecule has 0 radical (unpaired) electrons. The molecule has 0 fully saturated rings. The van der Waals surface area contributed by atoms with Gasteiger partial charge in [-0.3, -0.25) is 4.79 Å². The summed E-state index contributed by atoms with van der Waals surface area (Å²) in [5.41, 5.74) is 2.96. The first kappa shape index (κ1) is 16.9. The van der Waals surface area contributed by atoms with E-state index in [1.54, 1.807) is 0 Å². The summed E-state index contributed by atoms with van der Waals surface area (Å²) < 4.78 is 5.67. The minimum Gasteiger partial charge on any atom is -0.483 e. The zero-order valence-electron chi connectivity index (χ0n) is 14.2. The van der Waals surface area contributed by atoms with Gasteiger partial charge in [0.1, 0.15) is 5.75 Å². The van der Waals surface area contributed by atoms with E-state index in [1.807, 2.05) is 67.5 Å². The number of hydrogen-bond donors (Lipinski definition) is 1. The van der Waals surface area contributed by atoms with Crippen LogP contribution in [0.4, 0.5) is 11.4 Å². The number of para-hydroxylation sites is 1. The summed E-state index contributed by atoms with van der Waals surface area (Å²) >= 11 is 0. The summed E-state index contributed by atoms with van der Waals surface area (Å²) in [7, 11) is 3.96. The van der Waals surface area contributed by atoms with E-state index in [-0.39, 0.29) is 12.5 Å². The molecule has 0 aromatic heterocycles. The van der Waals surface area contributed by atoms with Crippen LogP contribution in [0, 0.1) is 0 Å². The molecule has 2 aromatic carbocycles. The maximum Gasteiger partial charge on any atom is 0.262 e. The van der Waals surface area contributed by atoms with Crippen LogP contribution in [0.2, 0.25) is 0 Å². The standard InChI is InChI=1S/C19H24N2O2/c1-14(2)17-7-5-6-8-18(17)23-13-19(22)20-15-9-11-16(12-10-15)21(3)4/h5-12,14H,13H2,1-4H3,(H,20,22). The Morgan fingerprint density at radius 2 is 1.74 bits per heavy atom. The molecule has 0 aliphatic rings. The van der Waals surface area contributed by atoms with E-state index in [1.165, 1.54) is 0 Å². The fourth-order valence-electron chi connectivity index (χ4n) is 2.27. The summed E-state index contributed by atoms with van der Waals surface area (Å²) in [6, 6.07) is 15.5. The molecule has 1 amide bonds. The molecule has 122 valence electrons. The topological polar surface area (TPSA) is 41.6 Å². The van der Waals surface area contributed by atoms with Gasteiger partial charge in [-0.05, 0) is 41.8 Å². The molecule has 2 rings (SSSR count). The largest absolute Gasteiger partial charge is 0.483 e. The number of rotatable bonds is 6. The molecular formula is C19H24N2O2. The summed E-state index contributed by atoms with van der Waals surface area (Å²) in [6.07, 6.45) is 0. The average molecular weight is 312 g/mol. The highest BCUT2D eigenvalue weighted by molar-refractivity contribution is 5.92. The molecular weight excluding hydrogens is 288 g/mol. The molecule has 2 aromatic rings. The van der Waals surface area contributed by atoms with Gasteiger partial charge in [-0.2, -0.15) is 0 Å². The van der Waals surface area contributed by atoms with Gasteiger partial charge in [0.05, 0.1) is 0 Å². The number of benzene rings is 2. The number of nitrogens with zero attached hydrogens (tertiary/aromatic N) is 1. The monoisotopic (exact) mass is 312 g/mol. The lowest BCUT2D eigenvalue weighted by molar-refractivity contribution is -0.118. The second-order valence-electron chi connectivity index (χ2n) is 5.97. The Kier molecular flexibility index (Phi) is 5.63. The smallest absolute Gasteiger partial charge is 0.262 e. The minimum atomic E-state index is -0.166. The Balaban J connectivity index is 1.93. The summed E-state index contributed by atoms with van der Waals surface area (Å²) in [5.74, 6) is 0.953. The number of nitrogens with one attached hydrogen (secondary N) is 1.